The standard InChI is InChI=1S/C19H19N3O2/c1-2-24-17-9-3-14(4-10-17)11-19(23)22-16-7-5-15(6-8-16)18-12-20-13-21-18/h3-10,12-13H,2,11H2,1H3,(H,20,21)(H,22,23). The number of nitrogens with one attached hydrogen (secondary N) is 2. The Kier molecular flexibility index (Phi) is 4.91. The number of nitrogens with zero attached hydrogens (tertiary/aromatic N) is 1. The maximum atomic E-state index is 12.1. The number of ether oxygens (including phenoxy) is 1. The van der Waals surface area contributed by atoms with Gasteiger partial charge in [-0.05, 0) is 42.3 Å². The van der Waals surface area contributed by atoms with E-state index in [0.717, 1.165) is 28.3 Å². The average Bonchev–Trinajstić information content (AvgIpc) is 3.12. The van der Waals surface area contributed by atoms with Gasteiger partial charge in [0.15, 0.2) is 0 Å². The molecule has 5 heteroatoms. The molecule has 1 amide bonds. The minimum Gasteiger partial charge on any atom is -0.494 e. The van der Waals surface area contributed by atoms with Crippen LogP contribution in [0.2, 0.25) is 0 Å². The van der Waals surface area contributed by atoms with Crippen LogP contribution in [0, 0.1) is 0 Å². The van der Waals surface area contributed by atoms with Crippen LogP contribution in [0.1, 0.15) is 12.5 Å². The first-order valence-corrected chi connectivity index (χ1v) is 7.85. The molecule has 0 spiro atoms. The third-order valence-electron chi connectivity index (χ3n) is 3.58. The number of carbonyl (C=O) groups excluding carboxylic acids is 1. The van der Waals surface area contributed by atoms with Crippen molar-refractivity contribution in [3.63, 3.8) is 0 Å². The van der Waals surface area contributed by atoms with Gasteiger partial charge >= 0.3 is 0 Å². The molecule has 3 aromatic rings. The van der Waals surface area contributed by atoms with Gasteiger partial charge in [0.1, 0.15) is 5.75 Å². The van der Waals surface area contributed by atoms with Crippen molar-refractivity contribution in [1.82, 2.24) is 9.97 Å². The van der Waals surface area contributed by atoms with Crippen LogP contribution < -0.4 is 10.1 Å². The molecule has 1 heterocycles. The summed E-state index contributed by atoms with van der Waals surface area (Å²) in [7, 11) is 0. The molecule has 0 aliphatic carbocycles. The summed E-state index contributed by atoms with van der Waals surface area (Å²) in [5, 5.41) is 2.91. The summed E-state index contributed by atoms with van der Waals surface area (Å²) >= 11 is 0. The van der Waals surface area contributed by atoms with E-state index in [9.17, 15) is 4.79 Å². The lowest BCUT2D eigenvalue weighted by molar-refractivity contribution is -0.115. The Bertz CT molecular complexity index is 778. The number of benzene rings is 2. The zero-order valence-electron chi connectivity index (χ0n) is 13.5. The maximum Gasteiger partial charge on any atom is 0.228 e. The molecule has 3 rings (SSSR count). The van der Waals surface area contributed by atoms with Gasteiger partial charge in [0.2, 0.25) is 5.91 Å². The Morgan fingerprint density at radius 2 is 1.88 bits per heavy atom. The second kappa shape index (κ2) is 7.46. The third-order valence-corrected chi connectivity index (χ3v) is 3.58. The molecule has 2 N–H and O–H groups in total. The number of carbonyl (C=O) groups is 1. The second-order valence-corrected chi connectivity index (χ2v) is 5.34. The van der Waals surface area contributed by atoms with Gasteiger partial charge in [-0.2, -0.15) is 0 Å². The molecule has 0 saturated heterocycles. The van der Waals surface area contributed by atoms with Crippen molar-refractivity contribution in [2.75, 3.05) is 11.9 Å². The van der Waals surface area contributed by atoms with E-state index in [-0.39, 0.29) is 5.91 Å². The molecular weight excluding hydrogens is 302 g/mol. The van der Waals surface area contributed by atoms with Crippen molar-refractivity contribution < 1.29 is 9.53 Å². The average molecular weight is 321 g/mol. The van der Waals surface area contributed by atoms with Gasteiger partial charge in [-0.1, -0.05) is 24.3 Å². The number of hydrogen-bond donors (Lipinski definition) is 2. The molecule has 0 radical (unpaired) electrons. The highest BCUT2D eigenvalue weighted by Gasteiger charge is 2.05. The van der Waals surface area contributed by atoms with E-state index in [0.29, 0.717) is 13.0 Å². The number of anilines is 1. The Hall–Kier alpha value is -3.08. The molecule has 2 aromatic carbocycles. The van der Waals surface area contributed by atoms with E-state index in [2.05, 4.69) is 15.3 Å². The normalized spacial score (nSPS) is 10.4. The molecule has 0 unspecified atom stereocenters. The van der Waals surface area contributed by atoms with E-state index < -0.39 is 0 Å². The number of H-pyrrole nitrogens is 1. The van der Waals surface area contributed by atoms with Crippen molar-refractivity contribution >= 4 is 11.6 Å². The zero-order valence-corrected chi connectivity index (χ0v) is 13.5. The van der Waals surface area contributed by atoms with E-state index in [1.165, 1.54) is 0 Å². The fourth-order valence-corrected chi connectivity index (χ4v) is 2.41. The van der Waals surface area contributed by atoms with Crippen LogP contribution in [-0.2, 0) is 11.2 Å². The Morgan fingerprint density at radius 3 is 2.50 bits per heavy atom. The quantitative estimate of drug-likeness (QED) is 0.728. The first-order chi connectivity index (χ1) is 11.7. The molecule has 0 atom stereocenters. The Labute approximate surface area is 140 Å². The van der Waals surface area contributed by atoms with Gasteiger partial charge < -0.3 is 15.0 Å². The van der Waals surface area contributed by atoms with Crippen LogP contribution in [0.25, 0.3) is 11.3 Å². The van der Waals surface area contributed by atoms with Gasteiger partial charge in [0, 0.05) is 5.69 Å². The number of amides is 1. The van der Waals surface area contributed by atoms with Gasteiger partial charge in [-0.25, -0.2) is 4.98 Å². The predicted octanol–water partition coefficient (Wildman–Crippen LogP) is 3.66. The van der Waals surface area contributed by atoms with Crippen molar-refractivity contribution in [2.45, 2.75) is 13.3 Å². The lowest BCUT2D eigenvalue weighted by atomic mass is 10.1. The molecule has 0 aliphatic rings. The zero-order chi connectivity index (χ0) is 16.8. The van der Waals surface area contributed by atoms with Gasteiger partial charge in [-0.15, -0.1) is 0 Å². The molecule has 24 heavy (non-hydrogen) atoms. The van der Waals surface area contributed by atoms with Gasteiger partial charge in [-0.3, -0.25) is 4.79 Å². The molecule has 0 fully saturated rings. The summed E-state index contributed by atoms with van der Waals surface area (Å²) in [6.07, 6.45) is 3.73. The van der Waals surface area contributed by atoms with Crippen molar-refractivity contribution in [2.24, 2.45) is 0 Å². The summed E-state index contributed by atoms with van der Waals surface area (Å²) in [5.41, 5.74) is 3.69. The molecule has 0 bridgehead atoms. The largest absolute Gasteiger partial charge is 0.494 e. The van der Waals surface area contributed by atoms with E-state index in [1.807, 2.05) is 55.5 Å². The summed E-state index contributed by atoms with van der Waals surface area (Å²) in [6, 6.07) is 15.2. The topological polar surface area (TPSA) is 67.0 Å². The highest BCUT2D eigenvalue weighted by Crippen LogP contribution is 2.19. The van der Waals surface area contributed by atoms with E-state index in [4.69, 9.17) is 4.74 Å². The third kappa shape index (κ3) is 4.01. The molecular formula is C19H19N3O2. The highest BCUT2D eigenvalue weighted by atomic mass is 16.5. The van der Waals surface area contributed by atoms with Crippen molar-refractivity contribution in [3.05, 3.63) is 66.6 Å². The van der Waals surface area contributed by atoms with E-state index >= 15 is 0 Å². The first kappa shape index (κ1) is 15.8. The second-order valence-electron chi connectivity index (χ2n) is 5.34. The number of hydrogen-bond acceptors (Lipinski definition) is 3. The number of imidazole rings is 1. The van der Waals surface area contributed by atoms with Crippen LogP contribution in [0.3, 0.4) is 0 Å². The summed E-state index contributed by atoms with van der Waals surface area (Å²) in [4.78, 5) is 19.2. The van der Waals surface area contributed by atoms with Crippen molar-refractivity contribution in [3.8, 4) is 17.0 Å². The maximum absolute atomic E-state index is 12.1. The summed E-state index contributed by atoms with van der Waals surface area (Å²) < 4.78 is 5.40. The number of aromatic amines is 1. The fraction of sp³-hybridized carbons (Fsp3) is 0.158. The molecule has 1 aromatic heterocycles. The Morgan fingerprint density at radius 1 is 1.12 bits per heavy atom. The predicted molar refractivity (Wildman–Crippen MR) is 94.0 cm³/mol. The number of rotatable bonds is 6. The Balaban J connectivity index is 1.58. The van der Waals surface area contributed by atoms with Crippen LogP contribution in [0.5, 0.6) is 5.75 Å². The van der Waals surface area contributed by atoms with Gasteiger partial charge in [0.05, 0.1) is 31.2 Å². The summed E-state index contributed by atoms with van der Waals surface area (Å²) in [6.45, 7) is 2.58. The lowest BCUT2D eigenvalue weighted by Crippen LogP contribution is -2.14. The SMILES string of the molecule is CCOc1ccc(CC(=O)Nc2ccc(-c3cnc[nH]3)cc2)cc1. The molecule has 5 nitrogen and oxygen atoms in total. The van der Waals surface area contributed by atoms with Crippen LogP contribution >= 0.6 is 0 Å². The smallest absolute Gasteiger partial charge is 0.228 e. The minimum absolute atomic E-state index is 0.0477. The molecule has 122 valence electrons. The minimum atomic E-state index is -0.0477. The van der Waals surface area contributed by atoms with E-state index in [1.54, 1.807) is 12.5 Å². The van der Waals surface area contributed by atoms with Crippen LogP contribution in [-0.4, -0.2) is 22.5 Å². The summed E-state index contributed by atoms with van der Waals surface area (Å²) in [5.74, 6) is 0.768. The number of aromatic nitrogens is 2. The lowest BCUT2D eigenvalue weighted by Gasteiger charge is -2.07. The van der Waals surface area contributed by atoms with Crippen molar-refractivity contribution in [1.29, 1.82) is 0 Å². The van der Waals surface area contributed by atoms with Crippen LogP contribution in [0.15, 0.2) is 61.1 Å². The fourth-order valence-electron chi connectivity index (χ4n) is 2.41. The monoisotopic (exact) mass is 321 g/mol. The molecule has 0 saturated carbocycles. The van der Waals surface area contributed by atoms with Crippen LogP contribution in [0.4, 0.5) is 5.69 Å². The van der Waals surface area contributed by atoms with Gasteiger partial charge in [0.25, 0.3) is 0 Å². The highest BCUT2D eigenvalue weighted by molar-refractivity contribution is 5.92. The molecule has 0 aliphatic heterocycles. The first-order valence-electron chi connectivity index (χ1n) is 7.85.